The smallest absolute Gasteiger partial charge is 0.233 e. The van der Waals surface area contributed by atoms with Gasteiger partial charge < -0.3 is 4.90 Å². The highest BCUT2D eigenvalue weighted by Gasteiger charge is 2.44. The predicted molar refractivity (Wildman–Crippen MR) is 90.0 cm³/mol. The fraction of sp³-hybridized carbons (Fsp3) is 0.300. The number of carbonyl (C=O) groups excluding carboxylic acids is 2. The molecule has 2 aromatic carbocycles. The fourth-order valence-electron chi connectivity index (χ4n) is 3.46. The number of hydrogen-bond donors (Lipinski definition) is 0. The van der Waals surface area contributed by atoms with Gasteiger partial charge in [-0.1, -0.05) is 29.8 Å². The zero-order valence-corrected chi connectivity index (χ0v) is 15.0. The summed E-state index contributed by atoms with van der Waals surface area (Å²) in [7, 11) is 1.48. The zero-order chi connectivity index (χ0) is 20.7. The van der Waals surface area contributed by atoms with Crippen LogP contribution in [0.25, 0.3) is 0 Å². The molecule has 0 unspecified atom stereocenters. The normalized spacial score (nSPS) is 19.4. The van der Waals surface area contributed by atoms with Gasteiger partial charge in [0.25, 0.3) is 0 Å². The van der Waals surface area contributed by atoms with Crippen LogP contribution in [0.15, 0.2) is 24.3 Å². The van der Waals surface area contributed by atoms with E-state index in [0.29, 0.717) is 5.56 Å². The van der Waals surface area contributed by atoms with Crippen molar-refractivity contribution in [2.24, 2.45) is 5.92 Å². The minimum absolute atomic E-state index is 0.204. The number of aryl methyl sites for hydroxylation is 1. The lowest BCUT2D eigenvalue weighted by Gasteiger charge is -2.17. The second kappa shape index (κ2) is 7.33. The van der Waals surface area contributed by atoms with Crippen molar-refractivity contribution in [2.75, 3.05) is 13.6 Å². The second-order valence-corrected chi connectivity index (χ2v) is 6.91. The topological polar surface area (TPSA) is 37.4 Å². The number of ketones is 1. The third kappa shape index (κ3) is 3.27. The Bertz CT molecular complexity index is 929. The van der Waals surface area contributed by atoms with Gasteiger partial charge in [0.05, 0.1) is 0 Å². The Morgan fingerprint density at radius 2 is 1.46 bits per heavy atom. The molecule has 0 aromatic heterocycles. The van der Waals surface area contributed by atoms with E-state index in [1.165, 1.54) is 11.9 Å². The van der Waals surface area contributed by atoms with Crippen LogP contribution in [-0.4, -0.2) is 30.2 Å². The molecule has 1 aliphatic heterocycles. The van der Waals surface area contributed by atoms with Gasteiger partial charge in [0, 0.05) is 31.5 Å². The molecule has 1 saturated heterocycles. The monoisotopic (exact) mass is 397 g/mol. The van der Waals surface area contributed by atoms with E-state index in [0.717, 1.165) is 5.56 Å². The lowest BCUT2D eigenvalue weighted by Crippen LogP contribution is -2.30. The van der Waals surface area contributed by atoms with E-state index in [-0.39, 0.29) is 6.54 Å². The van der Waals surface area contributed by atoms with Crippen LogP contribution in [0.3, 0.4) is 0 Å². The van der Waals surface area contributed by atoms with Crippen LogP contribution < -0.4 is 0 Å². The maximum atomic E-state index is 13.9. The Labute approximate surface area is 157 Å². The molecule has 1 fully saturated rings. The van der Waals surface area contributed by atoms with Crippen LogP contribution in [0, 0.1) is 41.9 Å². The first-order valence-electron chi connectivity index (χ1n) is 8.48. The van der Waals surface area contributed by atoms with Crippen LogP contribution in [0.4, 0.5) is 22.0 Å². The van der Waals surface area contributed by atoms with E-state index < -0.39 is 64.6 Å². The van der Waals surface area contributed by atoms with E-state index in [9.17, 15) is 31.5 Å². The van der Waals surface area contributed by atoms with E-state index >= 15 is 0 Å². The highest BCUT2D eigenvalue weighted by atomic mass is 19.2. The Balaban J connectivity index is 1.97. The molecule has 1 amide bonds. The Hall–Kier alpha value is -2.77. The zero-order valence-electron chi connectivity index (χ0n) is 15.0. The number of carbonyl (C=O) groups is 2. The second-order valence-electron chi connectivity index (χ2n) is 6.91. The highest BCUT2D eigenvalue weighted by Crippen LogP contribution is 2.35. The molecule has 1 heterocycles. The van der Waals surface area contributed by atoms with E-state index in [1.54, 1.807) is 24.3 Å². The van der Waals surface area contributed by atoms with Crippen LogP contribution in [0.2, 0.25) is 0 Å². The molecule has 0 radical (unpaired) electrons. The molecular weight excluding hydrogens is 381 g/mol. The van der Waals surface area contributed by atoms with Crippen LogP contribution >= 0.6 is 0 Å². The number of amides is 1. The van der Waals surface area contributed by atoms with Crippen molar-refractivity contribution in [3.63, 3.8) is 0 Å². The van der Waals surface area contributed by atoms with Crippen LogP contribution in [-0.2, 0) is 16.0 Å². The molecule has 1 aliphatic rings. The number of benzene rings is 2. The molecule has 2 atom stereocenters. The SMILES string of the molecule is Cc1ccc([C@H]2CN(C)C(=O)[C@@H]2C(=O)Cc2c(F)c(F)c(F)c(F)c2F)cc1. The van der Waals surface area contributed by atoms with Crippen molar-refractivity contribution in [1.29, 1.82) is 0 Å². The van der Waals surface area contributed by atoms with Gasteiger partial charge in [0.2, 0.25) is 11.7 Å². The summed E-state index contributed by atoms with van der Waals surface area (Å²) in [6.45, 7) is 2.07. The fourth-order valence-corrected chi connectivity index (χ4v) is 3.46. The molecule has 0 N–H and O–H groups in total. The van der Waals surface area contributed by atoms with E-state index in [2.05, 4.69) is 0 Å². The van der Waals surface area contributed by atoms with Gasteiger partial charge in [-0.25, -0.2) is 22.0 Å². The first-order chi connectivity index (χ1) is 13.1. The first kappa shape index (κ1) is 20.0. The molecule has 0 spiro atoms. The molecule has 8 heteroatoms. The van der Waals surface area contributed by atoms with Gasteiger partial charge in [0.15, 0.2) is 29.1 Å². The summed E-state index contributed by atoms with van der Waals surface area (Å²) in [5, 5.41) is 0. The van der Waals surface area contributed by atoms with Crippen molar-refractivity contribution in [3.05, 3.63) is 70.0 Å². The number of rotatable bonds is 4. The number of hydrogen-bond acceptors (Lipinski definition) is 2. The average molecular weight is 397 g/mol. The molecular formula is C20H16F5NO2. The molecule has 3 rings (SSSR count). The summed E-state index contributed by atoms with van der Waals surface area (Å²) in [6, 6.07) is 7.07. The molecule has 28 heavy (non-hydrogen) atoms. The molecule has 148 valence electrons. The average Bonchev–Trinajstić information content (AvgIpc) is 2.97. The van der Waals surface area contributed by atoms with Gasteiger partial charge in [-0.15, -0.1) is 0 Å². The van der Waals surface area contributed by atoms with Crippen molar-refractivity contribution < 1.29 is 31.5 Å². The predicted octanol–water partition coefficient (Wildman–Crippen LogP) is 3.67. The largest absolute Gasteiger partial charge is 0.344 e. The van der Waals surface area contributed by atoms with Crippen molar-refractivity contribution in [2.45, 2.75) is 19.3 Å². The number of likely N-dealkylation sites (tertiary alicyclic amines) is 1. The van der Waals surface area contributed by atoms with E-state index in [1.807, 2.05) is 6.92 Å². The summed E-state index contributed by atoms with van der Waals surface area (Å²) < 4.78 is 67.8. The van der Waals surface area contributed by atoms with Gasteiger partial charge in [-0.3, -0.25) is 9.59 Å². The Morgan fingerprint density at radius 1 is 0.964 bits per heavy atom. The molecule has 2 aromatic rings. The summed E-state index contributed by atoms with van der Waals surface area (Å²) in [4.78, 5) is 26.5. The quantitative estimate of drug-likeness (QED) is 0.342. The minimum Gasteiger partial charge on any atom is -0.344 e. The summed E-state index contributed by atoms with van der Waals surface area (Å²) in [5.74, 6) is -13.9. The van der Waals surface area contributed by atoms with Crippen LogP contribution in [0.5, 0.6) is 0 Å². The summed E-state index contributed by atoms with van der Waals surface area (Å²) in [5.41, 5.74) is 0.413. The lowest BCUT2D eigenvalue weighted by molar-refractivity contribution is -0.136. The third-order valence-corrected chi connectivity index (χ3v) is 5.02. The van der Waals surface area contributed by atoms with Gasteiger partial charge in [0.1, 0.15) is 5.92 Å². The molecule has 3 nitrogen and oxygen atoms in total. The van der Waals surface area contributed by atoms with Crippen LogP contribution in [0.1, 0.15) is 22.6 Å². The molecule has 0 aliphatic carbocycles. The van der Waals surface area contributed by atoms with Crippen molar-refractivity contribution in [1.82, 2.24) is 4.90 Å². The number of Topliss-reactive ketones (excluding diaryl/α,β-unsaturated/α-hetero) is 1. The lowest BCUT2D eigenvalue weighted by atomic mass is 9.83. The Kier molecular flexibility index (Phi) is 5.23. The minimum atomic E-state index is -2.29. The molecule has 0 bridgehead atoms. The maximum absolute atomic E-state index is 13.9. The van der Waals surface area contributed by atoms with Crippen molar-refractivity contribution in [3.8, 4) is 0 Å². The highest BCUT2D eigenvalue weighted by molar-refractivity contribution is 6.04. The number of nitrogens with zero attached hydrogens (tertiary/aromatic N) is 1. The first-order valence-corrected chi connectivity index (χ1v) is 8.48. The van der Waals surface area contributed by atoms with E-state index in [4.69, 9.17) is 0 Å². The molecule has 0 saturated carbocycles. The number of halogens is 5. The third-order valence-electron chi connectivity index (χ3n) is 5.02. The standard InChI is InChI=1S/C20H16F5NO2/c1-9-3-5-10(6-4-9)12-8-26(2)20(28)14(12)13(27)7-11-15(21)17(23)19(25)18(24)16(11)22/h3-6,12,14H,7-8H2,1-2H3/t12-,14+/m1/s1. The maximum Gasteiger partial charge on any atom is 0.233 e. The summed E-state index contributed by atoms with van der Waals surface area (Å²) >= 11 is 0. The van der Waals surface area contributed by atoms with Gasteiger partial charge in [-0.05, 0) is 12.5 Å². The van der Waals surface area contributed by atoms with Crippen molar-refractivity contribution >= 4 is 11.7 Å². The summed E-state index contributed by atoms with van der Waals surface area (Å²) in [6.07, 6.45) is -1.07. The van der Waals surface area contributed by atoms with Gasteiger partial charge in [-0.2, -0.15) is 0 Å². The Morgan fingerprint density at radius 3 is 2.00 bits per heavy atom. The number of likely N-dealkylation sites (N-methyl/N-ethyl adjacent to an activating group) is 1. The van der Waals surface area contributed by atoms with Gasteiger partial charge >= 0.3 is 0 Å².